The lowest BCUT2D eigenvalue weighted by Crippen LogP contribution is -2.32. The molecule has 0 aliphatic rings. The third-order valence-electron chi connectivity index (χ3n) is 2.68. The number of carbonyl (C=O) groups is 3. The van der Waals surface area contributed by atoms with Gasteiger partial charge in [-0.15, -0.1) is 0 Å². The largest absolute Gasteiger partial charge is 0.444 e. The fourth-order valence-corrected chi connectivity index (χ4v) is 1.76. The zero-order chi connectivity index (χ0) is 18.2. The lowest BCUT2D eigenvalue weighted by molar-refractivity contribution is -0.124. The van der Waals surface area contributed by atoms with Crippen molar-refractivity contribution in [3.63, 3.8) is 0 Å². The van der Waals surface area contributed by atoms with Crippen LogP contribution in [0, 0.1) is 0 Å². The van der Waals surface area contributed by atoms with Gasteiger partial charge >= 0.3 is 6.09 Å². The summed E-state index contributed by atoms with van der Waals surface area (Å²) in [5.41, 5.74) is 1.03. The predicted octanol–water partition coefficient (Wildman–Crippen LogP) is 3.14. The maximum absolute atomic E-state index is 11.5. The number of amides is 2. The number of ether oxygens (including phenoxy) is 1. The van der Waals surface area contributed by atoms with Crippen LogP contribution in [-0.2, 0) is 14.3 Å². The van der Waals surface area contributed by atoms with Crippen LogP contribution in [0.1, 0.15) is 39.7 Å². The van der Waals surface area contributed by atoms with E-state index in [1.165, 1.54) is 6.92 Å². The highest BCUT2D eigenvalue weighted by Gasteiger charge is 2.14. The van der Waals surface area contributed by atoms with Crippen molar-refractivity contribution < 1.29 is 19.1 Å². The van der Waals surface area contributed by atoms with Crippen LogP contribution in [-0.4, -0.2) is 29.9 Å². The topological polar surface area (TPSA) is 84.5 Å². The summed E-state index contributed by atoms with van der Waals surface area (Å²) in [6, 6.07) is 7.15. The Hall–Kier alpha value is -2.63. The minimum absolute atomic E-state index is 0.127. The van der Waals surface area contributed by atoms with Gasteiger partial charge in [-0.1, -0.05) is 24.3 Å². The molecule has 0 aromatic heterocycles. The number of carbonyl (C=O) groups excluding carboxylic acids is 3. The van der Waals surface area contributed by atoms with Gasteiger partial charge in [-0.3, -0.25) is 9.59 Å². The molecular formula is C18H24N2O4. The van der Waals surface area contributed by atoms with E-state index < -0.39 is 11.7 Å². The van der Waals surface area contributed by atoms with Crippen molar-refractivity contribution in [2.45, 2.75) is 39.7 Å². The van der Waals surface area contributed by atoms with Crippen LogP contribution in [0.4, 0.5) is 10.5 Å². The van der Waals surface area contributed by atoms with E-state index in [2.05, 4.69) is 10.6 Å². The smallest absolute Gasteiger partial charge is 0.407 e. The Morgan fingerprint density at radius 2 is 1.75 bits per heavy atom. The van der Waals surface area contributed by atoms with E-state index in [4.69, 9.17) is 4.74 Å². The van der Waals surface area contributed by atoms with Crippen LogP contribution in [0.15, 0.2) is 30.3 Å². The quantitative estimate of drug-likeness (QED) is 0.784. The van der Waals surface area contributed by atoms with Gasteiger partial charge in [0.05, 0.1) is 6.42 Å². The highest BCUT2D eigenvalue weighted by atomic mass is 16.6. The van der Waals surface area contributed by atoms with Gasteiger partial charge in [-0.05, 0) is 45.4 Å². The molecule has 2 amide bonds. The molecule has 2 N–H and O–H groups in total. The van der Waals surface area contributed by atoms with Crippen molar-refractivity contribution in [3.8, 4) is 0 Å². The minimum atomic E-state index is -0.517. The summed E-state index contributed by atoms with van der Waals surface area (Å²) >= 11 is 0. The third kappa shape index (κ3) is 8.73. The number of nitrogens with one attached hydrogen (secondary N) is 2. The summed E-state index contributed by atoms with van der Waals surface area (Å²) in [6.45, 7) is 7.14. The Morgan fingerprint density at radius 1 is 1.12 bits per heavy atom. The monoisotopic (exact) mass is 332 g/mol. The molecule has 0 heterocycles. The van der Waals surface area contributed by atoms with Gasteiger partial charge in [-0.2, -0.15) is 0 Å². The van der Waals surface area contributed by atoms with Crippen molar-refractivity contribution in [1.82, 2.24) is 5.32 Å². The fourth-order valence-electron chi connectivity index (χ4n) is 1.76. The Morgan fingerprint density at radius 3 is 2.29 bits per heavy atom. The predicted molar refractivity (Wildman–Crippen MR) is 93.6 cm³/mol. The van der Waals surface area contributed by atoms with Gasteiger partial charge in [0.1, 0.15) is 11.4 Å². The molecule has 6 heteroatoms. The lowest BCUT2D eigenvalue weighted by atomic mass is 10.2. The average Bonchev–Trinajstić information content (AvgIpc) is 2.42. The first-order valence-corrected chi connectivity index (χ1v) is 7.68. The molecule has 0 saturated carbocycles. The van der Waals surface area contributed by atoms with E-state index in [9.17, 15) is 14.4 Å². The molecular weight excluding hydrogens is 308 g/mol. The molecule has 1 aromatic rings. The fraction of sp³-hybridized carbons (Fsp3) is 0.389. The van der Waals surface area contributed by atoms with Gasteiger partial charge < -0.3 is 15.4 Å². The molecule has 6 nitrogen and oxygen atoms in total. The number of alkyl carbamates (subject to hydrolysis) is 1. The molecule has 0 spiro atoms. The number of rotatable bonds is 6. The molecule has 130 valence electrons. The number of anilines is 1. The molecule has 1 rings (SSSR count). The van der Waals surface area contributed by atoms with Crippen molar-refractivity contribution in [1.29, 1.82) is 0 Å². The third-order valence-corrected chi connectivity index (χ3v) is 2.68. The molecule has 0 bridgehead atoms. The second kappa shape index (κ2) is 8.86. The van der Waals surface area contributed by atoms with E-state index in [1.807, 2.05) is 18.2 Å². The van der Waals surface area contributed by atoms with Crippen LogP contribution in [0.25, 0.3) is 6.08 Å². The number of benzene rings is 1. The van der Waals surface area contributed by atoms with E-state index >= 15 is 0 Å². The first kappa shape index (κ1) is 19.4. The normalized spacial score (nSPS) is 11.2. The first-order valence-electron chi connectivity index (χ1n) is 7.68. The summed E-state index contributed by atoms with van der Waals surface area (Å²) in [7, 11) is 0. The van der Waals surface area contributed by atoms with Gasteiger partial charge in [0, 0.05) is 12.2 Å². The van der Waals surface area contributed by atoms with Gasteiger partial charge in [0.15, 0.2) is 0 Å². The second-order valence-corrected chi connectivity index (χ2v) is 6.33. The van der Waals surface area contributed by atoms with Crippen molar-refractivity contribution in [2.24, 2.45) is 0 Å². The maximum Gasteiger partial charge on any atom is 0.407 e. The zero-order valence-electron chi connectivity index (χ0n) is 14.5. The Labute approximate surface area is 142 Å². The highest BCUT2D eigenvalue weighted by Crippen LogP contribution is 2.11. The molecule has 0 aliphatic heterocycles. The zero-order valence-corrected chi connectivity index (χ0v) is 14.5. The van der Waals surface area contributed by atoms with Gasteiger partial charge in [-0.25, -0.2) is 4.79 Å². The number of Topliss-reactive ketones (excluding diaryl/α,β-unsaturated/α-hetero) is 1. The van der Waals surface area contributed by atoms with Gasteiger partial charge in [0.2, 0.25) is 5.91 Å². The SMILES string of the molecule is CC(=O)CC(=O)Nc1ccc(C=CCNC(=O)OC(C)(C)C)cc1. The van der Waals surface area contributed by atoms with Crippen LogP contribution >= 0.6 is 0 Å². The molecule has 24 heavy (non-hydrogen) atoms. The van der Waals surface area contributed by atoms with E-state index in [0.717, 1.165) is 5.56 Å². The number of hydrogen-bond acceptors (Lipinski definition) is 4. The van der Waals surface area contributed by atoms with Crippen molar-refractivity contribution >= 4 is 29.5 Å². The highest BCUT2D eigenvalue weighted by molar-refractivity contribution is 6.03. The van der Waals surface area contributed by atoms with Gasteiger partial charge in [0.25, 0.3) is 0 Å². The summed E-state index contributed by atoms with van der Waals surface area (Å²) in [4.78, 5) is 33.8. The van der Waals surface area contributed by atoms with Crippen molar-refractivity contribution in [3.05, 3.63) is 35.9 Å². The number of hydrogen-bond donors (Lipinski definition) is 2. The number of ketones is 1. The molecule has 0 unspecified atom stereocenters. The molecule has 0 aliphatic carbocycles. The van der Waals surface area contributed by atoms with Crippen LogP contribution in [0.5, 0.6) is 0 Å². The Balaban J connectivity index is 2.42. The first-order chi connectivity index (χ1) is 11.2. The minimum Gasteiger partial charge on any atom is -0.444 e. The Bertz CT molecular complexity index is 613. The average molecular weight is 332 g/mol. The van der Waals surface area contributed by atoms with E-state index in [-0.39, 0.29) is 18.1 Å². The standard InChI is InChI=1S/C18H24N2O4/c1-13(21)12-16(22)20-15-9-7-14(8-10-15)6-5-11-19-17(23)24-18(2,3)4/h5-10H,11-12H2,1-4H3,(H,19,23)(H,20,22). The summed E-state index contributed by atoms with van der Waals surface area (Å²) < 4.78 is 5.12. The molecule has 0 saturated heterocycles. The second-order valence-electron chi connectivity index (χ2n) is 6.33. The summed E-state index contributed by atoms with van der Waals surface area (Å²) in [6.07, 6.45) is 3.06. The molecule has 1 aromatic carbocycles. The molecule has 0 fully saturated rings. The summed E-state index contributed by atoms with van der Waals surface area (Å²) in [5, 5.41) is 5.28. The van der Waals surface area contributed by atoms with E-state index in [1.54, 1.807) is 39.0 Å². The van der Waals surface area contributed by atoms with Crippen LogP contribution in [0.3, 0.4) is 0 Å². The molecule has 0 atom stereocenters. The molecule has 0 radical (unpaired) electrons. The maximum atomic E-state index is 11.5. The van der Waals surface area contributed by atoms with Crippen LogP contribution in [0.2, 0.25) is 0 Å². The lowest BCUT2D eigenvalue weighted by Gasteiger charge is -2.19. The Kier molecular flexibility index (Phi) is 7.17. The van der Waals surface area contributed by atoms with Crippen molar-refractivity contribution in [2.75, 3.05) is 11.9 Å². The van der Waals surface area contributed by atoms with Crippen LogP contribution < -0.4 is 10.6 Å². The summed E-state index contributed by atoms with van der Waals surface area (Å²) in [5.74, 6) is -0.503. The van der Waals surface area contributed by atoms with E-state index in [0.29, 0.717) is 12.2 Å².